The van der Waals surface area contributed by atoms with Crippen molar-refractivity contribution in [1.29, 1.82) is 0 Å². The summed E-state index contributed by atoms with van der Waals surface area (Å²) in [4.78, 5) is 26.7. The van der Waals surface area contributed by atoms with Crippen molar-refractivity contribution in [3.8, 4) is 11.5 Å². The normalized spacial score (nSPS) is 21.5. The maximum Gasteiger partial charge on any atom is 0.164 e. The fourth-order valence-corrected chi connectivity index (χ4v) is 6.85. The van der Waals surface area contributed by atoms with Crippen LogP contribution in [0, 0.1) is 22.7 Å². The van der Waals surface area contributed by atoms with Gasteiger partial charge in [0.05, 0.1) is 7.11 Å². The highest BCUT2D eigenvalue weighted by Gasteiger charge is 2.40. The summed E-state index contributed by atoms with van der Waals surface area (Å²) in [6.45, 7) is 14.0. The second-order valence-electron chi connectivity index (χ2n) is 14.1. The Hall–Kier alpha value is -2.56. The number of hydrogen-bond acceptors (Lipinski definition) is 5. The monoisotopic (exact) mass is 549 g/mol. The number of phenols is 1. The molecular formula is C35H51NO4. The number of dihydropyridines is 1. The zero-order chi connectivity index (χ0) is 29.2. The third kappa shape index (κ3) is 6.66. The SMILES string of the molecule is CCC(C)(C)CCC(C)(C)CCC(c1ccc(O)c(OC)c1)C(C)C1CCC2=C(CC3=C(CCCC3=O)N2)C1=O. The number of ketones is 2. The summed E-state index contributed by atoms with van der Waals surface area (Å²) in [5.74, 6) is 1.22. The first-order chi connectivity index (χ1) is 18.9. The summed E-state index contributed by atoms with van der Waals surface area (Å²) in [7, 11) is 1.58. The summed E-state index contributed by atoms with van der Waals surface area (Å²) in [5.41, 5.74) is 5.42. The molecule has 0 saturated heterocycles. The lowest BCUT2D eigenvalue weighted by atomic mass is 9.67. The van der Waals surface area contributed by atoms with Gasteiger partial charge in [-0.15, -0.1) is 0 Å². The predicted octanol–water partition coefficient (Wildman–Crippen LogP) is 8.38. The van der Waals surface area contributed by atoms with E-state index < -0.39 is 0 Å². The number of hydrogen-bond donors (Lipinski definition) is 2. The number of nitrogens with one attached hydrogen (secondary N) is 1. The molecule has 1 aliphatic heterocycles. The molecule has 0 bridgehead atoms. The molecule has 0 fully saturated rings. The molecule has 220 valence electrons. The minimum Gasteiger partial charge on any atom is -0.504 e. The molecule has 0 spiro atoms. The lowest BCUT2D eigenvalue weighted by Gasteiger charge is -2.39. The Morgan fingerprint density at radius 1 is 1.00 bits per heavy atom. The molecule has 1 aromatic carbocycles. The van der Waals surface area contributed by atoms with Crippen LogP contribution in [0.25, 0.3) is 0 Å². The van der Waals surface area contributed by atoms with Gasteiger partial charge in [0.15, 0.2) is 23.1 Å². The maximum atomic E-state index is 14.0. The number of ether oxygens (including phenoxy) is 1. The van der Waals surface area contributed by atoms with Crippen LogP contribution in [0.15, 0.2) is 40.7 Å². The van der Waals surface area contributed by atoms with Crippen LogP contribution in [-0.4, -0.2) is 23.8 Å². The smallest absolute Gasteiger partial charge is 0.164 e. The fraction of sp³-hybridized carbons (Fsp3) is 0.657. The molecule has 3 atom stereocenters. The van der Waals surface area contributed by atoms with Crippen LogP contribution >= 0.6 is 0 Å². The largest absolute Gasteiger partial charge is 0.504 e. The van der Waals surface area contributed by atoms with Crippen LogP contribution < -0.4 is 10.1 Å². The van der Waals surface area contributed by atoms with Gasteiger partial charge in [0.2, 0.25) is 0 Å². The Labute approximate surface area is 241 Å². The van der Waals surface area contributed by atoms with Crippen LogP contribution in [0.5, 0.6) is 11.5 Å². The first-order valence-electron chi connectivity index (χ1n) is 15.5. The van der Waals surface area contributed by atoms with Crippen LogP contribution in [0.1, 0.15) is 124 Å². The van der Waals surface area contributed by atoms with E-state index in [1.54, 1.807) is 13.2 Å². The number of benzene rings is 1. The van der Waals surface area contributed by atoms with E-state index in [4.69, 9.17) is 4.74 Å². The average Bonchev–Trinajstić information content (AvgIpc) is 2.92. The van der Waals surface area contributed by atoms with Gasteiger partial charge in [0.25, 0.3) is 0 Å². The van der Waals surface area contributed by atoms with Gasteiger partial charge < -0.3 is 15.2 Å². The predicted molar refractivity (Wildman–Crippen MR) is 161 cm³/mol. The molecule has 2 N–H and O–H groups in total. The summed E-state index contributed by atoms with van der Waals surface area (Å²) in [6, 6.07) is 5.69. The summed E-state index contributed by atoms with van der Waals surface area (Å²) >= 11 is 0. The first kappa shape index (κ1) is 30.4. The van der Waals surface area contributed by atoms with E-state index in [0.29, 0.717) is 24.0 Å². The number of phenolic OH excluding ortho intramolecular Hbond substituents is 1. The number of carbonyl (C=O) groups excluding carboxylic acids is 2. The van der Waals surface area contributed by atoms with Crippen molar-refractivity contribution in [2.75, 3.05) is 7.11 Å². The van der Waals surface area contributed by atoms with E-state index in [0.717, 1.165) is 66.6 Å². The minimum absolute atomic E-state index is 0.0895. The Balaban J connectivity index is 1.56. The number of methoxy groups -OCH3 is 1. The number of rotatable bonds is 11. The van der Waals surface area contributed by atoms with E-state index in [1.807, 2.05) is 12.1 Å². The molecule has 0 aromatic heterocycles. The van der Waals surface area contributed by atoms with Crippen molar-refractivity contribution in [1.82, 2.24) is 5.32 Å². The number of allylic oxidation sites excluding steroid dienone is 4. The molecule has 0 saturated carbocycles. The van der Waals surface area contributed by atoms with Gasteiger partial charge in [0, 0.05) is 41.3 Å². The van der Waals surface area contributed by atoms with Gasteiger partial charge in [0.1, 0.15) is 0 Å². The topological polar surface area (TPSA) is 75.6 Å². The number of aromatic hydroxyl groups is 1. The van der Waals surface area contributed by atoms with E-state index in [2.05, 4.69) is 46.9 Å². The molecule has 0 amide bonds. The third-order valence-corrected chi connectivity index (χ3v) is 10.4. The molecular weight excluding hydrogens is 498 g/mol. The zero-order valence-electron chi connectivity index (χ0n) is 25.9. The summed E-state index contributed by atoms with van der Waals surface area (Å²) in [6.07, 6.45) is 10.1. The molecule has 40 heavy (non-hydrogen) atoms. The molecule has 1 heterocycles. The highest BCUT2D eigenvalue weighted by molar-refractivity contribution is 6.04. The zero-order valence-corrected chi connectivity index (χ0v) is 25.9. The fourth-order valence-electron chi connectivity index (χ4n) is 6.85. The molecule has 5 heteroatoms. The van der Waals surface area contributed by atoms with Gasteiger partial charge in [-0.05, 0) is 91.7 Å². The highest BCUT2D eigenvalue weighted by Crippen LogP contribution is 2.46. The average molecular weight is 550 g/mol. The van der Waals surface area contributed by atoms with Crippen molar-refractivity contribution < 1.29 is 19.4 Å². The second-order valence-corrected chi connectivity index (χ2v) is 14.1. The van der Waals surface area contributed by atoms with E-state index >= 15 is 0 Å². The molecule has 2 aliphatic carbocycles. The Morgan fingerprint density at radius 2 is 1.70 bits per heavy atom. The van der Waals surface area contributed by atoms with Gasteiger partial charge in [-0.25, -0.2) is 0 Å². The maximum absolute atomic E-state index is 14.0. The van der Waals surface area contributed by atoms with Crippen LogP contribution in [0.3, 0.4) is 0 Å². The Morgan fingerprint density at radius 3 is 2.40 bits per heavy atom. The molecule has 0 radical (unpaired) electrons. The standard InChI is InChI=1S/C35H51NO4/c1-8-34(3,4)18-19-35(5,6)17-16-24(23-12-15-31(38)32(20-23)40-7)22(2)25-13-14-29-27(33(25)39)21-26-28(36-29)10-9-11-30(26)37/h12,15,20,22,24-25,36,38H,8-11,13-14,16-19,21H2,1-7H3. The minimum atomic E-state index is -0.0895. The molecule has 1 aromatic rings. The van der Waals surface area contributed by atoms with E-state index in [1.165, 1.54) is 19.3 Å². The first-order valence-corrected chi connectivity index (χ1v) is 15.5. The molecule has 4 rings (SSSR count). The Bertz CT molecular complexity index is 1190. The van der Waals surface area contributed by atoms with Crippen molar-refractivity contribution in [2.24, 2.45) is 22.7 Å². The van der Waals surface area contributed by atoms with Crippen LogP contribution in [-0.2, 0) is 9.59 Å². The number of Topliss-reactive ketones (excluding diaryl/α,β-unsaturated/α-hetero) is 2. The number of carbonyl (C=O) groups is 2. The van der Waals surface area contributed by atoms with Gasteiger partial charge in [-0.2, -0.15) is 0 Å². The lowest BCUT2D eigenvalue weighted by Crippen LogP contribution is -2.37. The van der Waals surface area contributed by atoms with Gasteiger partial charge in [-0.3, -0.25) is 9.59 Å². The van der Waals surface area contributed by atoms with Crippen molar-refractivity contribution in [3.05, 3.63) is 46.3 Å². The Kier molecular flexibility index (Phi) is 9.21. The summed E-state index contributed by atoms with van der Waals surface area (Å²) in [5, 5.41) is 13.8. The van der Waals surface area contributed by atoms with E-state index in [-0.39, 0.29) is 40.5 Å². The van der Waals surface area contributed by atoms with Gasteiger partial charge >= 0.3 is 0 Å². The summed E-state index contributed by atoms with van der Waals surface area (Å²) < 4.78 is 5.48. The third-order valence-electron chi connectivity index (χ3n) is 10.4. The highest BCUT2D eigenvalue weighted by atomic mass is 16.5. The lowest BCUT2D eigenvalue weighted by molar-refractivity contribution is -0.122. The molecule has 3 unspecified atom stereocenters. The van der Waals surface area contributed by atoms with E-state index in [9.17, 15) is 14.7 Å². The van der Waals surface area contributed by atoms with Crippen molar-refractivity contribution in [2.45, 2.75) is 118 Å². The molecule has 3 aliphatic rings. The van der Waals surface area contributed by atoms with Crippen molar-refractivity contribution >= 4 is 11.6 Å². The van der Waals surface area contributed by atoms with Crippen molar-refractivity contribution in [3.63, 3.8) is 0 Å². The molecule has 5 nitrogen and oxygen atoms in total. The van der Waals surface area contributed by atoms with Gasteiger partial charge in [-0.1, -0.05) is 54.0 Å². The second kappa shape index (κ2) is 12.1. The van der Waals surface area contributed by atoms with Crippen LogP contribution in [0.2, 0.25) is 0 Å². The van der Waals surface area contributed by atoms with Crippen LogP contribution in [0.4, 0.5) is 0 Å². The quantitative estimate of drug-likeness (QED) is 0.290.